The highest BCUT2D eigenvalue weighted by Gasteiger charge is 2.25. The summed E-state index contributed by atoms with van der Waals surface area (Å²) in [7, 11) is 0. The Morgan fingerprint density at radius 3 is 2.33 bits per heavy atom. The Kier molecular flexibility index (Phi) is 4.69. The number of piperazine rings is 1. The van der Waals surface area contributed by atoms with E-state index in [1.807, 2.05) is 0 Å². The van der Waals surface area contributed by atoms with Crippen LogP contribution < -0.4 is 0 Å². The molecule has 3 rings (SSSR count). The van der Waals surface area contributed by atoms with Gasteiger partial charge in [0.05, 0.1) is 12.2 Å². The van der Waals surface area contributed by atoms with Gasteiger partial charge in [-0.05, 0) is 19.1 Å². The van der Waals surface area contributed by atoms with Crippen molar-refractivity contribution in [1.82, 2.24) is 29.5 Å². The summed E-state index contributed by atoms with van der Waals surface area (Å²) >= 11 is 0. The van der Waals surface area contributed by atoms with Crippen LogP contribution in [0.1, 0.15) is 17.3 Å². The minimum Gasteiger partial charge on any atom is -0.450 e. The molecule has 0 unspecified atom stereocenters. The SMILES string of the molecule is CCOC(=O)N1CCN(C(=O)c2ccc(-n3cnnc3)nc2)CC1. The lowest BCUT2D eigenvalue weighted by atomic mass is 10.2. The van der Waals surface area contributed by atoms with Crippen molar-refractivity contribution in [3.63, 3.8) is 0 Å². The van der Waals surface area contributed by atoms with Crippen molar-refractivity contribution < 1.29 is 14.3 Å². The third-order valence-corrected chi connectivity index (χ3v) is 3.77. The van der Waals surface area contributed by atoms with Crippen LogP contribution in [0.25, 0.3) is 5.82 Å². The smallest absolute Gasteiger partial charge is 0.409 e. The summed E-state index contributed by atoms with van der Waals surface area (Å²) in [6.07, 6.45) is 4.29. The highest BCUT2D eigenvalue weighted by atomic mass is 16.6. The Balaban J connectivity index is 1.60. The quantitative estimate of drug-likeness (QED) is 0.817. The lowest BCUT2D eigenvalue weighted by Crippen LogP contribution is -2.50. The van der Waals surface area contributed by atoms with Gasteiger partial charge in [-0.2, -0.15) is 0 Å². The largest absolute Gasteiger partial charge is 0.450 e. The maximum absolute atomic E-state index is 12.5. The van der Waals surface area contributed by atoms with Gasteiger partial charge in [-0.25, -0.2) is 9.78 Å². The Hall–Kier alpha value is -2.97. The fraction of sp³-hybridized carbons (Fsp3) is 0.400. The number of rotatable bonds is 3. The molecule has 1 saturated heterocycles. The van der Waals surface area contributed by atoms with Crippen molar-refractivity contribution in [3.05, 3.63) is 36.5 Å². The number of ether oxygens (including phenoxy) is 1. The van der Waals surface area contributed by atoms with Crippen LogP contribution in [0.5, 0.6) is 0 Å². The second-order valence-electron chi connectivity index (χ2n) is 5.25. The van der Waals surface area contributed by atoms with E-state index in [0.717, 1.165) is 0 Å². The molecule has 9 nitrogen and oxygen atoms in total. The Labute approximate surface area is 138 Å². The first-order valence-corrected chi connectivity index (χ1v) is 7.71. The van der Waals surface area contributed by atoms with E-state index in [2.05, 4.69) is 15.2 Å². The van der Waals surface area contributed by atoms with Gasteiger partial charge in [0.2, 0.25) is 0 Å². The zero-order valence-electron chi connectivity index (χ0n) is 13.3. The molecule has 0 bridgehead atoms. The fourth-order valence-electron chi connectivity index (χ4n) is 2.47. The van der Waals surface area contributed by atoms with Crippen molar-refractivity contribution >= 4 is 12.0 Å². The summed E-state index contributed by atoms with van der Waals surface area (Å²) in [5, 5.41) is 7.44. The van der Waals surface area contributed by atoms with Gasteiger partial charge in [0.25, 0.3) is 5.91 Å². The van der Waals surface area contributed by atoms with Crippen molar-refractivity contribution in [1.29, 1.82) is 0 Å². The molecule has 24 heavy (non-hydrogen) atoms. The minimum absolute atomic E-state index is 0.0960. The maximum Gasteiger partial charge on any atom is 0.409 e. The molecule has 1 aliphatic heterocycles. The van der Waals surface area contributed by atoms with Crippen LogP contribution in [0.3, 0.4) is 0 Å². The topological polar surface area (TPSA) is 93.5 Å². The van der Waals surface area contributed by atoms with Crippen molar-refractivity contribution in [2.75, 3.05) is 32.8 Å². The first kappa shape index (κ1) is 15.9. The lowest BCUT2D eigenvalue weighted by Gasteiger charge is -2.34. The summed E-state index contributed by atoms with van der Waals surface area (Å²) in [5.41, 5.74) is 0.511. The van der Waals surface area contributed by atoms with E-state index < -0.39 is 0 Å². The highest BCUT2D eigenvalue weighted by molar-refractivity contribution is 5.94. The number of carbonyl (C=O) groups is 2. The minimum atomic E-state index is -0.329. The molecule has 0 atom stereocenters. The molecule has 2 aromatic rings. The average molecular weight is 330 g/mol. The first-order chi connectivity index (χ1) is 11.7. The van der Waals surface area contributed by atoms with Gasteiger partial charge in [-0.15, -0.1) is 10.2 Å². The van der Waals surface area contributed by atoms with Gasteiger partial charge in [0.1, 0.15) is 18.5 Å². The predicted octanol–water partition coefficient (Wildman–Crippen LogP) is 0.577. The van der Waals surface area contributed by atoms with Crippen molar-refractivity contribution in [2.24, 2.45) is 0 Å². The molecule has 0 aliphatic carbocycles. The summed E-state index contributed by atoms with van der Waals surface area (Å²) in [4.78, 5) is 31.8. The molecular formula is C15H18N6O3. The average Bonchev–Trinajstić information content (AvgIpc) is 3.16. The zero-order valence-corrected chi connectivity index (χ0v) is 13.3. The number of hydrogen-bond donors (Lipinski definition) is 0. The molecule has 126 valence electrons. The van der Waals surface area contributed by atoms with Gasteiger partial charge in [-0.1, -0.05) is 0 Å². The van der Waals surface area contributed by atoms with Crippen LogP contribution in [0.15, 0.2) is 31.0 Å². The van der Waals surface area contributed by atoms with Crippen LogP contribution in [-0.2, 0) is 4.74 Å². The van der Waals surface area contributed by atoms with E-state index in [9.17, 15) is 9.59 Å². The number of pyridine rings is 1. The first-order valence-electron chi connectivity index (χ1n) is 7.71. The molecule has 0 saturated carbocycles. The molecule has 0 N–H and O–H groups in total. The van der Waals surface area contributed by atoms with Crippen LogP contribution in [0.4, 0.5) is 4.79 Å². The standard InChI is InChI=1S/C15H18N6O3/c1-2-24-15(23)20-7-5-19(6-8-20)14(22)12-3-4-13(16-9-12)21-10-17-18-11-21/h3-4,9-11H,2,5-8H2,1H3. The van der Waals surface area contributed by atoms with Gasteiger partial charge >= 0.3 is 6.09 Å². The van der Waals surface area contributed by atoms with Gasteiger partial charge in [0, 0.05) is 32.4 Å². The van der Waals surface area contributed by atoms with E-state index in [0.29, 0.717) is 44.2 Å². The Morgan fingerprint density at radius 2 is 1.75 bits per heavy atom. The normalized spacial score (nSPS) is 14.5. The van der Waals surface area contributed by atoms with Crippen LogP contribution in [0, 0.1) is 0 Å². The number of amides is 2. The maximum atomic E-state index is 12.5. The fourth-order valence-corrected chi connectivity index (χ4v) is 2.47. The number of hydrogen-bond acceptors (Lipinski definition) is 6. The summed E-state index contributed by atoms with van der Waals surface area (Å²) in [6.45, 7) is 4.01. The van der Waals surface area contributed by atoms with E-state index >= 15 is 0 Å². The molecule has 9 heteroatoms. The van der Waals surface area contributed by atoms with E-state index in [1.165, 1.54) is 6.20 Å². The summed E-state index contributed by atoms with van der Waals surface area (Å²) in [5.74, 6) is 0.546. The summed E-state index contributed by atoms with van der Waals surface area (Å²) < 4.78 is 6.63. The van der Waals surface area contributed by atoms with Crippen LogP contribution in [0.2, 0.25) is 0 Å². The molecule has 1 fully saturated rings. The Morgan fingerprint density at radius 1 is 1.08 bits per heavy atom. The highest BCUT2D eigenvalue weighted by Crippen LogP contribution is 2.11. The van der Waals surface area contributed by atoms with Crippen LogP contribution in [-0.4, -0.2) is 74.3 Å². The summed E-state index contributed by atoms with van der Waals surface area (Å²) in [6, 6.07) is 3.47. The van der Waals surface area contributed by atoms with Crippen molar-refractivity contribution in [3.8, 4) is 5.82 Å². The molecule has 1 aliphatic rings. The van der Waals surface area contributed by atoms with Crippen LogP contribution >= 0.6 is 0 Å². The van der Waals surface area contributed by atoms with Gasteiger partial charge < -0.3 is 14.5 Å². The number of nitrogens with zero attached hydrogens (tertiary/aromatic N) is 6. The molecular weight excluding hydrogens is 312 g/mol. The van der Waals surface area contributed by atoms with E-state index in [-0.39, 0.29) is 12.0 Å². The Bertz CT molecular complexity index is 693. The molecule has 0 spiro atoms. The number of carbonyl (C=O) groups excluding carboxylic acids is 2. The second kappa shape index (κ2) is 7.07. The van der Waals surface area contributed by atoms with Gasteiger partial charge in [-0.3, -0.25) is 9.36 Å². The molecule has 2 aromatic heterocycles. The van der Waals surface area contributed by atoms with E-state index in [4.69, 9.17) is 4.74 Å². The van der Waals surface area contributed by atoms with Gasteiger partial charge in [0.15, 0.2) is 0 Å². The molecule has 3 heterocycles. The number of aromatic nitrogens is 4. The zero-order chi connectivity index (χ0) is 16.9. The second-order valence-corrected chi connectivity index (χ2v) is 5.25. The van der Waals surface area contributed by atoms with E-state index in [1.54, 1.807) is 46.1 Å². The molecule has 0 aromatic carbocycles. The van der Waals surface area contributed by atoms with Crippen molar-refractivity contribution in [2.45, 2.75) is 6.92 Å². The molecule has 2 amide bonds. The monoisotopic (exact) mass is 330 g/mol. The molecule has 0 radical (unpaired) electrons. The third-order valence-electron chi connectivity index (χ3n) is 3.77. The third kappa shape index (κ3) is 3.34. The predicted molar refractivity (Wildman–Crippen MR) is 83.7 cm³/mol. The lowest BCUT2D eigenvalue weighted by molar-refractivity contribution is 0.0570.